The van der Waals surface area contributed by atoms with Crippen molar-refractivity contribution in [2.45, 2.75) is 20.5 Å². The number of hydrogen-bond acceptors (Lipinski definition) is 3. The lowest BCUT2D eigenvalue weighted by Gasteiger charge is -2.13. The first-order chi connectivity index (χ1) is 9.47. The number of Topliss-reactive ketones (excluding diaryl/α,β-unsaturated/α-hetero) is 1. The van der Waals surface area contributed by atoms with Gasteiger partial charge in [-0.2, -0.15) is 0 Å². The number of hydrogen-bond donors (Lipinski definition) is 1. The summed E-state index contributed by atoms with van der Waals surface area (Å²) in [5, 5.41) is 0. The predicted octanol–water partition coefficient (Wildman–Crippen LogP) is 4.12. The summed E-state index contributed by atoms with van der Waals surface area (Å²) in [5.41, 5.74) is 9.10. The Balaban J connectivity index is 2.27. The van der Waals surface area contributed by atoms with Crippen LogP contribution in [0.4, 0.5) is 5.69 Å². The predicted molar refractivity (Wildman–Crippen MR) is 84.1 cm³/mol. The molecule has 2 aromatic rings. The number of ketones is 1. The third-order valence-corrected chi connectivity index (χ3v) is 3.39. The number of carbonyl (C=O) groups is 1. The minimum atomic E-state index is -0.0720. The summed E-state index contributed by atoms with van der Waals surface area (Å²) in [4.78, 5) is 11.7. The van der Waals surface area contributed by atoms with Crippen molar-refractivity contribution in [3.63, 3.8) is 0 Å². The molecule has 0 saturated carbocycles. The molecule has 0 bridgehead atoms. The van der Waals surface area contributed by atoms with Crippen molar-refractivity contribution in [3.05, 3.63) is 57.6 Å². The van der Waals surface area contributed by atoms with Crippen molar-refractivity contribution < 1.29 is 9.53 Å². The van der Waals surface area contributed by atoms with Gasteiger partial charge in [0.1, 0.15) is 6.61 Å². The van der Waals surface area contributed by atoms with Gasteiger partial charge in [-0.25, -0.2) is 0 Å². The van der Waals surface area contributed by atoms with Gasteiger partial charge in [0.05, 0.1) is 11.3 Å². The molecule has 0 amide bonds. The summed E-state index contributed by atoms with van der Waals surface area (Å²) < 4.78 is 6.53. The Morgan fingerprint density at radius 2 is 2.05 bits per heavy atom. The van der Waals surface area contributed by atoms with Gasteiger partial charge in [0.25, 0.3) is 0 Å². The molecule has 0 heterocycles. The maximum absolute atomic E-state index is 11.7. The van der Waals surface area contributed by atoms with E-state index < -0.39 is 0 Å². The molecule has 0 radical (unpaired) electrons. The zero-order chi connectivity index (χ0) is 14.7. The quantitative estimate of drug-likeness (QED) is 0.676. The van der Waals surface area contributed by atoms with Gasteiger partial charge in [-0.3, -0.25) is 4.79 Å². The maximum atomic E-state index is 11.7. The maximum Gasteiger partial charge on any atom is 0.163 e. The van der Waals surface area contributed by atoms with E-state index in [1.54, 1.807) is 12.1 Å². The highest BCUT2D eigenvalue weighted by Gasteiger charge is 2.13. The van der Waals surface area contributed by atoms with Crippen LogP contribution in [0.2, 0.25) is 0 Å². The van der Waals surface area contributed by atoms with Crippen LogP contribution in [-0.4, -0.2) is 5.78 Å². The Kier molecular flexibility index (Phi) is 4.45. The monoisotopic (exact) mass is 333 g/mol. The first kappa shape index (κ1) is 14.6. The third kappa shape index (κ3) is 3.39. The zero-order valence-corrected chi connectivity index (χ0v) is 13.0. The summed E-state index contributed by atoms with van der Waals surface area (Å²) >= 11 is 3.33. The Morgan fingerprint density at radius 3 is 2.70 bits per heavy atom. The second kappa shape index (κ2) is 6.09. The van der Waals surface area contributed by atoms with Crippen molar-refractivity contribution in [1.82, 2.24) is 0 Å². The van der Waals surface area contributed by atoms with E-state index >= 15 is 0 Å². The van der Waals surface area contributed by atoms with Gasteiger partial charge in [0, 0.05) is 4.47 Å². The summed E-state index contributed by atoms with van der Waals surface area (Å²) in [5.74, 6) is 0.374. The number of nitrogen functional groups attached to an aromatic ring is 1. The normalized spacial score (nSPS) is 10.3. The van der Waals surface area contributed by atoms with Gasteiger partial charge in [0.2, 0.25) is 0 Å². The molecule has 104 valence electrons. The standard InChI is InChI=1S/C16H16BrNO2/c1-10-4-3-5-12(6-10)9-20-16-14(11(2)19)7-13(17)8-15(16)18/h3-8H,9,18H2,1-2H3. The van der Waals surface area contributed by atoms with Crippen molar-refractivity contribution in [3.8, 4) is 5.75 Å². The molecule has 0 atom stereocenters. The molecule has 0 saturated heterocycles. The van der Waals surface area contributed by atoms with Crippen molar-refractivity contribution >= 4 is 27.4 Å². The van der Waals surface area contributed by atoms with Crippen LogP contribution in [0.3, 0.4) is 0 Å². The fraction of sp³-hybridized carbons (Fsp3) is 0.188. The Morgan fingerprint density at radius 1 is 1.30 bits per heavy atom. The summed E-state index contributed by atoms with van der Waals surface area (Å²) in [7, 11) is 0. The van der Waals surface area contributed by atoms with E-state index in [1.165, 1.54) is 12.5 Å². The Hall–Kier alpha value is -1.81. The number of halogens is 1. The van der Waals surface area contributed by atoms with Gasteiger partial charge in [-0.15, -0.1) is 0 Å². The molecular weight excluding hydrogens is 318 g/mol. The third-order valence-electron chi connectivity index (χ3n) is 2.93. The van der Waals surface area contributed by atoms with E-state index in [1.807, 2.05) is 31.2 Å². The van der Waals surface area contributed by atoms with Crippen LogP contribution in [0.5, 0.6) is 5.75 Å². The molecule has 0 aliphatic carbocycles. The smallest absolute Gasteiger partial charge is 0.163 e. The minimum Gasteiger partial charge on any atom is -0.486 e. The fourth-order valence-electron chi connectivity index (χ4n) is 1.99. The van der Waals surface area contributed by atoms with E-state index in [9.17, 15) is 4.79 Å². The van der Waals surface area contributed by atoms with Crippen LogP contribution >= 0.6 is 15.9 Å². The van der Waals surface area contributed by atoms with Crippen molar-refractivity contribution in [1.29, 1.82) is 0 Å². The minimum absolute atomic E-state index is 0.0720. The van der Waals surface area contributed by atoms with Gasteiger partial charge < -0.3 is 10.5 Å². The summed E-state index contributed by atoms with van der Waals surface area (Å²) in [6.45, 7) is 3.91. The molecular formula is C16H16BrNO2. The van der Waals surface area contributed by atoms with E-state index in [0.717, 1.165) is 10.0 Å². The molecule has 0 aromatic heterocycles. The van der Waals surface area contributed by atoms with Crippen molar-refractivity contribution in [2.24, 2.45) is 0 Å². The summed E-state index contributed by atoms with van der Waals surface area (Å²) in [6.07, 6.45) is 0. The number of nitrogens with two attached hydrogens (primary N) is 1. The second-order valence-electron chi connectivity index (χ2n) is 4.71. The van der Waals surface area contributed by atoms with Crippen LogP contribution in [0.25, 0.3) is 0 Å². The Labute approximate surface area is 126 Å². The molecule has 20 heavy (non-hydrogen) atoms. The van der Waals surface area contributed by atoms with E-state index in [2.05, 4.69) is 15.9 Å². The highest BCUT2D eigenvalue weighted by atomic mass is 79.9. The largest absolute Gasteiger partial charge is 0.486 e. The van der Waals surface area contributed by atoms with Crippen LogP contribution in [-0.2, 0) is 6.61 Å². The average Bonchev–Trinajstić information content (AvgIpc) is 2.36. The lowest BCUT2D eigenvalue weighted by atomic mass is 10.1. The highest BCUT2D eigenvalue weighted by Crippen LogP contribution is 2.31. The van der Waals surface area contributed by atoms with Crippen LogP contribution in [0.1, 0.15) is 28.4 Å². The number of anilines is 1. The molecule has 0 unspecified atom stereocenters. The van der Waals surface area contributed by atoms with Crippen LogP contribution in [0, 0.1) is 6.92 Å². The van der Waals surface area contributed by atoms with Gasteiger partial charge >= 0.3 is 0 Å². The number of aryl methyl sites for hydroxylation is 1. The van der Waals surface area contributed by atoms with E-state index in [0.29, 0.717) is 23.6 Å². The van der Waals surface area contributed by atoms with Gasteiger partial charge in [0.15, 0.2) is 11.5 Å². The summed E-state index contributed by atoms with van der Waals surface area (Å²) in [6, 6.07) is 11.5. The molecule has 0 aliphatic rings. The molecule has 4 heteroatoms. The number of rotatable bonds is 4. The van der Waals surface area contributed by atoms with E-state index in [4.69, 9.17) is 10.5 Å². The first-order valence-corrected chi connectivity index (χ1v) is 7.05. The highest BCUT2D eigenvalue weighted by molar-refractivity contribution is 9.10. The fourth-order valence-corrected chi connectivity index (χ4v) is 2.47. The van der Waals surface area contributed by atoms with Crippen LogP contribution in [0.15, 0.2) is 40.9 Å². The Bertz CT molecular complexity index is 653. The molecule has 0 aliphatic heterocycles. The molecule has 2 aromatic carbocycles. The number of carbonyl (C=O) groups excluding carboxylic acids is 1. The number of ether oxygens (including phenoxy) is 1. The second-order valence-corrected chi connectivity index (χ2v) is 5.62. The molecule has 3 nitrogen and oxygen atoms in total. The topological polar surface area (TPSA) is 52.3 Å². The average molecular weight is 334 g/mol. The van der Waals surface area contributed by atoms with Gasteiger partial charge in [-0.1, -0.05) is 45.8 Å². The molecule has 0 fully saturated rings. The van der Waals surface area contributed by atoms with Gasteiger partial charge in [-0.05, 0) is 31.5 Å². The number of benzene rings is 2. The van der Waals surface area contributed by atoms with E-state index in [-0.39, 0.29) is 5.78 Å². The van der Waals surface area contributed by atoms with Crippen LogP contribution < -0.4 is 10.5 Å². The first-order valence-electron chi connectivity index (χ1n) is 6.25. The lowest BCUT2D eigenvalue weighted by Crippen LogP contribution is -2.05. The SMILES string of the molecule is CC(=O)c1cc(Br)cc(N)c1OCc1cccc(C)c1. The molecule has 0 spiro atoms. The molecule has 2 rings (SSSR count). The molecule has 2 N–H and O–H groups in total. The lowest BCUT2D eigenvalue weighted by molar-refractivity contribution is 0.101. The van der Waals surface area contributed by atoms with Crippen molar-refractivity contribution in [2.75, 3.05) is 5.73 Å². The zero-order valence-electron chi connectivity index (χ0n) is 11.4.